The number of carbonyl (C=O) groups is 1. The first-order valence-electron chi connectivity index (χ1n) is 4.45. The Morgan fingerprint density at radius 2 is 1.83 bits per heavy atom. The fraction of sp³-hybridized carbons (Fsp3) is 0.700. The van der Waals surface area contributed by atoms with Gasteiger partial charge in [-0.05, 0) is 19.0 Å². The quantitative estimate of drug-likeness (QED) is 0.665. The normalized spacial score (nSPS) is 6.42. The summed E-state index contributed by atoms with van der Waals surface area (Å²) in [4.78, 5) is 9.40. The maximum atomic E-state index is 9.40. The first kappa shape index (κ1) is 17.3. The zero-order valence-corrected chi connectivity index (χ0v) is 9.11. The van der Waals surface area contributed by atoms with Crippen molar-refractivity contribution in [2.75, 3.05) is 7.05 Å². The number of hydrogen-bond donors (Lipinski definition) is 1. The van der Waals surface area contributed by atoms with E-state index in [1.165, 1.54) is 0 Å². The van der Waals surface area contributed by atoms with E-state index in [0.29, 0.717) is 6.42 Å². The standard InChI is InChI=1S/C4H9N.C4H8O.C2H6/c1-4(2)5-3;1-2-3-4-5;1-2/h5H,1H2,2-3H3;4H,2-3H2,1H3;1-2H3. The van der Waals surface area contributed by atoms with Gasteiger partial charge in [-0.3, -0.25) is 0 Å². The van der Waals surface area contributed by atoms with E-state index in [2.05, 4.69) is 11.9 Å². The molecule has 0 aromatic carbocycles. The van der Waals surface area contributed by atoms with E-state index in [0.717, 1.165) is 18.4 Å². The van der Waals surface area contributed by atoms with Crippen LogP contribution in [0.15, 0.2) is 12.3 Å². The van der Waals surface area contributed by atoms with Crippen LogP contribution < -0.4 is 5.32 Å². The Morgan fingerprint density at radius 3 is 1.83 bits per heavy atom. The number of rotatable bonds is 3. The molecule has 0 aliphatic heterocycles. The number of hydrogen-bond acceptors (Lipinski definition) is 2. The molecule has 0 fully saturated rings. The molecule has 2 heteroatoms. The van der Waals surface area contributed by atoms with Crippen molar-refractivity contribution in [2.45, 2.75) is 40.5 Å². The number of unbranched alkanes of at least 4 members (excludes halogenated alkanes) is 1. The molecule has 0 saturated carbocycles. The van der Waals surface area contributed by atoms with Crippen molar-refractivity contribution in [3.8, 4) is 0 Å². The summed E-state index contributed by atoms with van der Waals surface area (Å²) < 4.78 is 0. The smallest absolute Gasteiger partial charge is 0.119 e. The summed E-state index contributed by atoms with van der Waals surface area (Å²) in [5.41, 5.74) is 1.00. The predicted molar refractivity (Wildman–Crippen MR) is 56.2 cm³/mol. The summed E-state index contributed by atoms with van der Waals surface area (Å²) in [5, 5.41) is 2.83. The highest BCUT2D eigenvalue weighted by Crippen LogP contribution is 1.74. The Labute approximate surface area is 77.1 Å². The lowest BCUT2D eigenvalue weighted by Crippen LogP contribution is -1.98. The van der Waals surface area contributed by atoms with Crippen molar-refractivity contribution < 1.29 is 4.79 Å². The molecule has 74 valence electrons. The second-order valence-corrected chi connectivity index (χ2v) is 1.99. The minimum Gasteiger partial charge on any atom is -0.392 e. The molecule has 0 bridgehead atoms. The van der Waals surface area contributed by atoms with Gasteiger partial charge in [-0.25, -0.2) is 0 Å². The fourth-order valence-corrected chi connectivity index (χ4v) is 0.118. The third-order valence-electron chi connectivity index (χ3n) is 0.833. The van der Waals surface area contributed by atoms with E-state index in [4.69, 9.17) is 0 Å². The second kappa shape index (κ2) is 22.5. The Morgan fingerprint density at radius 1 is 1.50 bits per heavy atom. The molecule has 12 heavy (non-hydrogen) atoms. The van der Waals surface area contributed by atoms with E-state index >= 15 is 0 Å². The molecule has 0 heterocycles. The van der Waals surface area contributed by atoms with Crippen LogP contribution >= 0.6 is 0 Å². The monoisotopic (exact) mass is 173 g/mol. The lowest BCUT2D eigenvalue weighted by Gasteiger charge is -1.87. The summed E-state index contributed by atoms with van der Waals surface area (Å²) in [5.74, 6) is 0. The molecule has 0 aromatic rings. The van der Waals surface area contributed by atoms with Crippen LogP contribution in [0.5, 0.6) is 0 Å². The summed E-state index contributed by atoms with van der Waals surface area (Å²) in [6, 6.07) is 0. The van der Waals surface area contributed by atoms with E-state index in [-0.39, 0.29) is 0 Å². The van der Waals surface area contributed by atoms with Gasteiger partial charge in [-0.2, -0.15) is 0 Å². The number of nitrogens with one attached hydrogen (secondary N) is 1. The van der Waals surface area contributed by atoms with Crippen molar-refractivity contribution >= 4 is 6.29 Å². The third-order valence-corrected chi connectivity index (χ3v) is 0.833. The summed E-state index contributed by atoms with van der Waals surface area (Å²) in [6.07, 6.45) is 2.61. The maximum absolute atomic E-state index is 9.40. The minimum absolute atomic E-state index is 0.708. The van der Waals surface area contributed by atoms with Crippen molar-refractivity contribution in [1.82, 2.24) is 5.32 Å². The Hall–Kier alpha value is -0.790. The topological polar surface area (TPSA) is 29.1 Å². The molecule has 2 nitrogen and oxygen atoms in total. The highest BCUT2D eigenvalue weighted by atomic mass is 16.1. The van der Waals surface area contributed by atoms with E-state index in [9.17, 15) is 4.79 Å². The third kappa shape index (κ3) is 60.2. The largest absolute Gasteiger partial charge is 0.392 e. The van der Waals surface area contributed by atoms with E-state index in [1.54, 1.807) is 0 Å². The van der Waals surface area contributed by atoms with Gasteiger partial charge >= 0.3 is 0 Å². The predicted octanol–water partition coefficient (Wildman–Crippen LogP) is 2.75. The molecule has 0 aliphatic rings. The SMILES string of the molecule is C=C(C)NC.CC.CCCC=O. The summed E-state index contributed by atoms with van der Waals surface area (Å²) in [6.45, 7) is 11.5. The van der Waals surface area contributed by atoms with Crippen LogP contribution in [0.1, 0.15) is 40.5 Å². The lowest BCUT2D eigenvalue weighted by molar-refractivity contribution is -0.107. The van der Waals surface area contributed by atoms with Crippen LogP contribution in [-0.4, -0.2) is 13.3 Å². The Kier molecular flexibility index (Phi) is 32.4. The first-order valence-corrected chi connectivity index (χ1v) is 4.45. The van der Waals surface area contributed by atoms with Gasteiger partial charge in [-0.1, -0.05) is 27.4 Å². The van der Waals surface area contributed by atoms with E-state index < -0.39 is 0 Å². The van der Waals surface area contributed by atoms with Crippen LogP contribution in [0, 0.1) is 0 Å². The lowest BCUT2D eigenvalue weighted by atomic mass is 10.4. The highest BCUT2D eigenvalue weighted by molar-refractivity contribution is 5.48. The van der Waals surface area contributed by atoms with Crippen molar-refractivity contribution in [3.05, 3.63) is 12.3 Å². The van der Waals surface area contributed by atoms with Gasteiger partial charge in [0.05, 0.1) is 0 Å². The van der Waals surface area contributed by atoms with Gasteiger partial charge in [0.1, 0.15) is 6.29 Å². The average Bonchev–Trinajstić information content (AvgIpc) is 2.10. The van der Waals surface area contributed by atoms with Gasteiger partial charge in [0, 0.05) is 13.5 Å². The van der Waals surface area contributed by atoms with Crippen LogP contribution in [0.2, 0.25) is 0 Å². The number of aldehydes is 1. The number of carbonyl (C=O) groups excluding carboxylic acids is 1. The van der Waals surface area contributed by atoms with Crippen LogP contribution in [0.3, 0.4) is 0 Å². The molecular formula is C10H23NO. The molecule has 0 amide bonds. The van der Waals surface area contributed by atoms with Crippen LogP contribution in [0.25, 0.3) is 0 Å². The molecule has 0 unspecified atom stereocenters. The maximum Gasteiger partial charge on any atom is 0.119 e. The van der Waals surface area contributed by atoms with Gasteiger partial charge in [0.2, 0.25) is 0 Å². The molecular weight excluding hydrogens is 150 g/mol. The van der Waals surface area contributed by atoms with Gasteiger partial charge < -0.3 is 10.1 Å². The fourth-order valence-electron chi connectivity index (χ4n) is 0.118. The molecule has 0 radical (unpaired) electrons. The first-order chi connectivity index (χ1) is 5.68. The molecule has 0 atom stereocenters. The minimum atomic E-state index is 0.708. The van der Waals surface area contributed by atoms with Crippen molar-refractivity contribution in [3.63, 3.8) is 0 Å². The summed E-state index contributed by atoms with van der Waals surface area (Å²) >= 11 is 0. The number of allylic oxidation sites excluding steroid dienone is 1. The van der Waals surface area contributed by atoms with Crippen molar-refractivity contribution in [1.29, 1.82) is 0 Å². The van der Waals surface area contributed by atoms with Gasteiger partial charge in [0.25, 0.3) is 0 Å². The molecule has 0 saturated heterocycles. The van der Waals surface area contributed by atoms with Crippen LogP contribution in [0.4, 0.5) is 0 Å². The summed E-state index contributed by atoms with van der Waals surface area (Å²) in [7, 11) is 1.85. The average molecular weight is 173 g/mol. The molecule has 0 aliphatic carbocycles. The highest BCUT2D eigenvalue weighted by Gasteiger charge is 1.66. The van der Waals surface area contributed by atoms with Crippen molar-refractivity contribution in [2.24, 2.45) is 0 Å². The zero-order valence-electron chi connectivity index (χ0n) is 9.11. The van der Waals surface area contributed by atoms with Gasteiger partial charge in [-0.15, -0.1) is 0 Å². The molecule has 0 aromatic heterocycles. The second-order valence-electron chi connectivity index (χ2n) is 1.99. The van der Waals surface area contributed by atoms with Gasteiger partial charge in [0.15, 0.2) is 0 Å². The zero-order chi connectivity index (χ0) is 10.4. The Bertz CT molecular complexity index is 89.8. The Balaban J connectivity index is -0.000000112. The molecule has 0 spiro atoms. The van der Waals surface area contributed by atoms with E-state index in [1.807, 2.05) is 34.7 Å². The molecule has 1 N–H and O–H groups in total. The molecule has 0 rings (SSSR count). The van der Waals surface area contributed by atoms with Crippen LogP contribution in [-0.2, 0) is 4.79 Å².